The normalized spacial score (nSPS) is 19.6. The highest BCUT2D eigenvalue weighted by molar-refractivity contribution is 7.80. The number of hydrogen-bond acceptors (Lipinski definition) is 2. The van der Waals surface area contributed by atoms with Crippen LogP contribution < -0.4 is 10.6 Å². The molecule has 1 saturated heterocycles. The zero-order valence-corrected chi connectivity index (χ0v) is 10.7. The number of nitrogens with one attached hydrogen (secondary N) is 2. The maximum absolute atomic E-state index is 11.9. The third-order valence-electron chi connectivity index (χ3n) is 2.53. The van der Waals surface area contributed by atoms with Gasteiger partial charge in [0.2, 0.25) is 0 Å². The molecule has 1 heterocycles. The van der Waals surface area contributed by atoms with Gasteiger partial charge in [-0.15, -0.1) is 0 Å². The molecule has 0 bridgehead atoms. The molecule has 2 N–H and O–H groups in total. The molecule has 0 aromatic carbocycles. The van der Waals surface area contributed by atoms with E-state index in [2.05, 4.69) is 38.3 Å². The van der Waals surface area contributed by atoms with Crippen LogP contribution in [0.5, 0.6) is 0 Å². The maximum Gasteiger partial charge on any atom is 0.251 e. The highest BCUT2D eigenvalue weighted by Crippen LogP contribution is 2.27. The van der Waals surface area contributed by atoms with Gasteiger partial charge in [-0.05, 0) is 36.9 Å². The van der Waals surface area contributed by atoms with Crippen LogP contribution in [-0.4, -0.2) is 16.6 Å². The van der Waals surface area contributed by atoms with Crippen molar-refractivity contribution in [2.75, 3.05) is 0 Å². The highest BCUT2D eigenvalue weighted by Gasteiger charge is 2.44. The maximum atomic E-state index is 11.9. The van der Waals surface area contributed by atoms with Gasteiger partial charge in [-0.2, -0.15) is 0 Å². The Bertz CT molecular complexity index is 264. The molecular weight excluding hydrogens is 208 g/mol. The summed E-state index contributed by atoms with van der Waals surface area (Å²) in [4.78, 5) is 11.9. The van der Waals surface area contributed by atoms with Crippen molar-refractivity contribution in [3.8, 4) is 0 Å². The fraction of sp³-hybridized carbons (Fsp3) is 0.818. The third kappa shape index (κ3) is 2.91. The van der Waals surface area contributed by atoms with Gasteiger partial charge in [0.1, 0.15) is 5.54 Å². The van der Waals surface area contributed by atoms with Crippen LogP contribution in [-0.2, 0) is 4.79 Å². The van der Waals surface area contributed by atoms with Gasteiger partial charge in [-0.1, -0.05) is 27.7 Å². The van der Waals surface area contributed by atoms with E-state index in [1.165, 1.54) is 0 Å². The lowest BCUT2D eigenvalue weighted by Gasteiger charge is -2.30. The van der Waals surface area contributed by atoms with Crippen molar-refractivity contribution in [3.63, 3.8) is 0 Å². The molecule has 15 heavy (non-hydrogen) atoms. The molecule has 0 radical (unpaired) electrons. The predicted molar refractivity (Wildman–Crippen MR) is 65.5 cm³/mol. The van der Waals surface area contributed by atoms with Crippen LogP contribution in [0.3, 0.4) is 0 Å². The van der Waals surface area contributed by atoms with E-state index in [0.29, 0.717) is 16.9 Å². The van der Waals surface area contributed by atoms with E-state index in [1.807, 2.05) is 0 Å². The Morgan fingerprint density at radius 1 is 1.20 bits per heavy atom. The minimum atomic E-state index is -0.473. The summed E-state index contributed by atoms with van der Waals surface area (Å²) in [6.07, 6.45) is 1.66. The SMILES string of the molecule is CC(C)CC1(CC(C)C)NC(=S)NC1=O. The first-order valence-corrected chi connectivity index (χ1v) is 5.90. The average molecular weight is 228 g/mol. The number of carbonyl (C=O) groups excluding carboxylic acids is 1. The Labute approximate surface area is 97.0 Å². The van der Waals surface area contributed by atoms with E-state index in [1.54, 1.807) is 0 Å². The second-order valence-corrected chi connectivity index (χ2v) is 5.59. The van der Waals surface area contributed by atoms with Crippen LogP contribution in [0.2, 0.25) is 0 Å². The molecule has 0 spiro atoms. The molecule has 3 nitrogen and oxygen atoms in total. The number of thiocarbonyl (C=S) groups is 1. The van der Waals surface area contributed by atoms with Gasteiger partial charge < -0.3 is 10.6 Å². The molecule has 0 atom stereocenters. The summed E-state index contributed by atoms with van der Waals surface area (Å²) >= 11 is 5.01. The van der Waals surface area contributed by atoms with E-state index >= 15 is 0 Å². The van der Waals surface area contributed by atoms with Crippen LogP contribution >= 0.6 is 12.2 Å². The summed E-state index contributed by atoms with van der Waals surface area (Å²) in [6.45, 7) is 8.49. The Balaban J connectivity index is 2.85. The first kappa shape index (κ1) is 12.4. The van der Waals surface area contributed by atoms with Crippen LogP contribution in [0.1, 0.15) is 40.5 Å². The first-order valence-electron chi connectivity index (χ1n) is 5.49. The summed E-state index contributed by atoms with van der Waals surface area (Å²) < 4.78 is 0. The highest BCUT2D eigenvalue weighted by atomic mass is 32.1. The second-order valence-electron chi connectivity index (χ2n) is 5.19. The van der Waals surface area contributed by atoms with Crippen molar-refractivity contribution in [3.05, 3.63) is 0 Å². The lowest BCUT2D eigenvalue weighted by Crippen LogP contribution is -2.48. The largest absolute Gasteiger partial charge is 0.348 e. The van der Waals surface area contributed by atoms with Crippen LogP contribution in [0.25, 0.3) is 0 Å². The summed E-state index contributed by atoms with van der Waals surface area (Å²) in [5.41, 5.74) is -0.473. The summed E-state index contributed by atoms with van der Waals surface area (Å²) in [7, 11) is 0. The standard InChI is InChI=1S/C11H20N2OS/c1-7(2)5-11(6-8(3)4)9(14)12-10(15)13-11/h7-8H,5-6H2,1-4H3,(H2,12,13,14,15). The number of rotatable bonds is 4. The summed E-state index contributed by atoms with van der Waals surface area (Å²) in [6, 6.07) is 0. The van der Waals surface area contributed by atoms with E-state index in [-0.39, 0.29) is 5.91 Å². The molecule has 1 aliphatic heterocycles. The fourth-order valence-corrected chi connectivity index (χ4v) is 2.58. The Morgan fingerprint density at radius 2 is 1.67 bits per heavy atom. The monoisotopic (exact) mass is 228 g/mol. The fourth-order valence-electron chi connectivity index (χ4n) is 2.29. The second kappa shape index (κ2) is 4.47. The third-order valence-corrected chi connectivity index (χ3v) is 2.73. The molecule has 86 valence electrons. The molecule has 1 fully saturated rings. The van der Waals surface area contributed by atoms with Gasteiger partial charge in [-0.3, -0.25) is 4.79 Å². The van der Waals surface area contributed by atoms with E-state index in [9.17, 15) is 4.79 Å². The summed E-state index contributed by atoms with van der Waals surface area (Å²) in [5.74, 6) is 0.987. The molecule has 0 aliphatic carbocycles. The van der Waals surface area contributed by atoms with Gasteiger partial charge in [0, 0.05) is 0 Å². The average Bonchev–Trinajstić information content (AvgIpc) is 2.22. The Kier molecular flexibility index (Phi) is 3.71. The number of amides is 1. The molecule has 1 aliphatic rings. The van der Waals surface area contributed by atoms with Crippen molar-refractivity contribution >= 4 is 23.2 Å². The molecule has 1 rings (SSSR count). The lowest BCUT2D eigenvalue weighted by atomic mass is 9.82. The molecule has 0 aromatic heterocycles. The van der Waals surface area contributed by atoms with E-state index in [0.717, 1.165) is 12.8 Å². The quantitative estimate of drug-likeness (QED) is 0.721. The smallest absolute Gasteiger partial charge is 0.251 e. The Morgan fingerprint density at radius 3 is 1.93 bits per heavy atom. The van der Waals surface area contributed by atoms with Gasteiger partial charge in [0.05, 0.1) is 0 Å². The van der Waals surface area contributed by atoms with E-state index in [4.69, 9.17) is 12.2 Å². The van der Waals surface area contributed by atoms with Crippen LogP contribution in [0.15, 0.2) is 0 Å². The van der Waals surface area contributed by atoms with Crippen molar-refractivity contribution in [1.82, 2.24) is 10.6 Å². The minimum absolute atomic E-state index is 0.0369. The van der Waals surface area contributed by atoms with Crippen molar-refractivity contribution < 1.29 is 4.79 Å². The molecule has 0 unspecified atom stereocenters. The van der Waals surface area contributed by atoms with Gasteiger partial charge in [0.15, 0.2) is 5.11 Å². The van der Waals surface area contributed by atoms with Crippen molar-refractivity contribution in [2.24, 2.45) is 11.8 Å². The topological polar surface area (TPSA) is 41.1 Å². The van der Waals surface area contributed by atoms with Crippen molar-refractivity contribution in [2.45, 2.75) is 46.1 Å². The number of hydrogen-bond donors (Lipinski definition) is 2. The zero-order chi connectivity index (χ0) is 11.6. The van der Waals surface area contributed by atoms with Crippen LogP contribution in [0, 0.1) is 11.8 Å². The van der Waals surface area contributed by atoms with Gasteiger partial charge in [0.25, 0.3) is 5.91 Å². The van der Waals surface area contributed by atoms with Crippen molar-refractivity contribution in [1.29, 1.82) is 0 Å². The van der Waals surface area contributed by atoms with Crippen LogP contribution in [0.4, 0.5) is 0 Å². The zero-order valence-electron chi connectivity index (χ0n) is 9.89. The lowest BCUT2D eigenvalue weighted by molar-refractivity contribution is -0.125. The predicted octanol–water partition coefficient (Wildman–Crippen LogP) is 1.82. The molecule has 0 aromatic rings. The molecule has 4 heteroatoms. The van der Waals surface area contributed by atoms with E-state index < -0.39 is 5.54 Å². The number of carbonyl (C=O) groups is 1. The molecule has 1 amide bonds. The Hall–Kier alpha value is -0.640. The summed E-state index contributed by atoms with van der Waals surface area (Å²) in [5, 5.41) is 6.32. The van der Waals surface area contributed by atoms with Gasteiger partial charge >= 0.3 is 0 Å². The molecule has 0 saturated carbocycles. The first-order chi connectivity index (χ1) is 6.85. The van der Waals surface area contributed by atoms with Gasteiger partial charge in [-0.25, -0.2) is 0 Å². The minimum Gasteiger partial charge on any atom is -0.348 e. The molecular formula is C11H20N2OS.